The van der Waals surface area contributed by atoms with Crippen LogP contribution in [0.1, 0.15) is 27.8 Å². The van der Waals surface area contributed by atoms with Gasteiger partial charge >= 0.3 is 0 Å². The van der Waals surface area contributed by atoms with Gasteiger partial charge in [0.1, 0.15) is 0 Å². The Morgan fingerprint density at radius 1 is 0.328 bits per heavy atom. The molecule has 0 N–H and O–H groups in total. The second-order valence-electron chi connectivity index (χ2n) is 15.8. The van der Waals surface area contributed by atoms with E-state index < -0.39 is 5.41 Å². The molecular formula is C57H34N4. The van der Waals surface area contributed by atoms with Crippen LogP contribution in [0.25, 0.3) is 89.4 Å². The van der Waals surface area contributed by atoms with Crippen molar-refractivity contribution in [3.8, 4) is 84.7 Å². The minimum atomic E-state index is -0.523. The lowest BCUT2D eigenvalue weighted by Gasteiger charge is -2.30. The number of fused-ring (bicyclic) bond motifs is 11. The molecule has 1 heterocycles. The Balaban J connectivity index is 0.956. The summed E-state index contributed by atoms with van der Waals surface area (Å²) in [6, 6.07) is 75.1. The fourth-order valence-corrected chi connectivity index (χ4v) is 9.86. The number of nitrogens with zero attached hydrogens (tertiary/aromatic N) is 4. The van der Waals surface area contributed by atoms with Gasteiger partial charge in [-0.05, 0) is 102 Å². The van der Waals surface area contributed by atoms with Gasteiger partial charge < -0.3 is 0 Å². The minimum absolute atomic E-state index is 0.523. The van der Waals surface area contributed by atoms with Gasteiger partial charge in [-0.2, -0.15) is 5.26 Å². The molecule has 0 saturated heterocycles. The molecule has 2 aliphatic rings. The van der Waals surface area contributed by atoms with E-state index in [0.29, 0.717) is 23.0 Å². The molecule has 0 radical (unpaired) electrons. The fraction of sp³-hybridized carbons (Fsp3) is 0.0175. The van der Waals surface area contributed by atoms with Crippen LogP contribution in [0.2, 0.25) is 0 Å². The Bertz CT molecular complexity index is 3390. The molecule has 9 aromatic carbocycles. The van der Waals surface area contributed by atoms with Gasteiger partial charge in [-0.15, -0.1) is 0 Å². The molecule has 0 atom stereocenters. The van der Waals surface area contributed by atoms with E-state index in [1.807, 2.05) is 36.4 Å². The van der Waals surface area contributed by atoms with Gasteiger partial charge in [0.05, 0.1) is 17.0 Å². The highest BCUT2D eigenvalue weighted by Gasteiger charge is 2.52. The summed E-state index contributed by atoms with van der Waals surface area (Å²) in [4.78, 5) is 15.1. The van der Waals surface area contributed by atoms with E-state index in [0.717, 1.165) is 44.3 Å². The first-order valence-corrected chi connectivity index (χ1v) is 20.6. The Morgan fingerprint density at radius 2 is 0.869 bits per heavy atom. The van der Waals surface area contributed by atoms with Gasteiger partial charge in [0.2, 0.25) is 0 Å². The highest BCUT2D eigenvalue weighted by molar-refractivity contribution is 6.00. The van der Waals surface area contributed by atoms with Crippen molar-refractivity contribution in [2.24, 2.45) is 0 Å². The van der Waals surface area contributed by atoms with Gasteiger partial charge in [0.25, 0.3) is 0 Å². The van der Waals surface area contributed by atoms with Crippen LogP contribution in [0.5, 0.6) is 0 Å². The summed E-state index contributed by atoms with van der Waals surface area (Å²) in [5.41, 5.74) is 17.2. The second-order valence-corrected chi connectivity index (χ2v) is 15.8. The summed E-state index contributed by atoms with van der Waals surface area (Å²) >= 11 is 0. The molecule has 1 spiro atoms. The maximum Gasteiger partial charge on any atom is 0.164 e. The van der Waals surface area contributed by atoms with Crippen LogP contribution in [0.15, 0.2) is 206 Å². The van der Waals surface area contributed by atoms with E-state index in [9.17, 15) is 5.26 Å². The molecule has 0 aliphatic heterocycles. The maximum atomic E-state index is 10.1. The largest absolute Gasteiger partial charge is 0.208 e. The first-order valence-electron chi connectivity index (χ1n) is 20.6. The minimum Gasteiger partial charge on any atom is -0.208 e. The van der Waals surface area contributed by atoms with E-state index >= 15 is 0 Å². The van der Waals surface area contributed by atoms with Gasteiger partial charge in [-0.25, -0.2) is 15.0 Å². The number of hydrogen-bond donors (Lipinski definition) is 0. The average Bonchev–Trinajstić information content (AvgIpc) is 3.81. The predicted molar refractivity (Wildman–Crippen MR) is 246 cm³/mol. The van der Waals surface area contributed by atoms with Crippen LogP contribution in [0.4, 0.5) is 0 Å². The van der Waals surface area contributed by atoms with Crippen molar-refractivity contribution in [2.45, 2.75) is 5.41 Å². The lowest BCUT2D eigenvalue weighted by atomic mass is 9.70. The van der Waals surface area contributed by atoms with E-state index in [1.54, 1.807) is 0 Å². The highest BCUT2D eigenvalue weighted by atomic mass is 15.0. The van der Waals surface area contributed by atoms with Crippen LogP contribution in [-0.2, 0) is 5.41 Å². The smallest absolute Gasteiger partial charge is 0.164 e. The van der Waals surface area contributed by atoms with Crippen molar-refractivity contribution < 1.29 is 0 Å². The lowest BCUT2D eigenvalue weighted by Crippen LogP contribution is -2.26. The summed E-state index contributed by atoms with van der Waals surface area (Å²) in [5.74, 6) is 1.89. The van der Waals surface area contributed by atoms with Crippen LogP contribution in [0, 0.1) is 11.3 Å². The lowest BCUT2D eigenvalue weighted by molar-refractivity contribution is 0.793. The number of hydrogen-bond acceptors (Lipinski definition) is 4. The predicted octanol–water partition coefficient (Wildman–Crippen LogP) is 13.6. The zero-order valence-electron chi connectivity index (χ0n) is 32.9. The zero-order valence-corrected chi connectivity index (χ0v) is 32.9. The normalized spacial score (nSPS) is 12.7. The molecule has 0 fully saturated rings. The molecule has 282 valence electrons. The molecule has 12 rings (SSSR count). The van der Waals surface area contributed by atoms with Crippen LogP contribution < -0.4 is 0 Å². The standard InChI is InChI=1S/C57H34N4/c58-35-36-24-31-48-52(32-36)57(49-21-8-6-18-46(49)47-19-7-9-22-50(47)57)51-23-11-20-45(53(48)51)39-28-25-38(26-29-39)42-16-10-17-43(33-42)55-59-54(40-13-2-1-3-14-40)60-56(61-55)44-30-27-37-12-4-5-15-41(37)34-44/h1-34H. The van der Waals surface area contributed by atoms with Crippen molar-refractivity contribution >= 4 is 10.8 Å². The van der Waals surface area contributed by atoms with E-state index in [2.05, 4.69) is 176 Å². The van der Waals surface area contributed by atoms with Crippen molar-refractivity contribution in [3.05, 3.63) is 234 Å². The van der Waals surface area contributed by atoms with Crippen molar-refractivity contribution in [2.75, 3.05) is 0 Å². The van der Waals surface area contributed by atoms with Crippen LogP contribution >= 0.6 is 0 Å². The number of rotatable bonds is 5. The van der Waals surface area contributed by atoms with Crippen molar-refractivity contribution in [1.29, 1.82) is 5.26 Å². The third-order valence-corrected chi connectivity index (χ3v) is 12.6. The molecule has 0 saturated carbocycles. The molecule has 4 heteroatoms. The quantitative estimate of drug-likeness (QED) is 0.175. The second kappa shape index (κ2) is 13.7. The van der Waals surface area contributed by atoms with Gasteiger partial charge in [0.15, 0.2) is 17.5 Å². The Kier molecular flexibility index (Phi) is 7.78. The average molecular weight is 775 g/mol. The summed E-state index contributed by atoms with van der Waals surface area (Å²) in [6.07, 6.45) is 0. The van der Waals surface area contributed by atoms with Gasteiger partial charge in [-0.1, -0.05) is 182 Å². The SMILES string of the molecule is N#Cc1ccc2c(c1)C1(c3ccccc3-c3ccccc31)c1cccc(-c3ccc(-c4cccc(-c5nc(-c6ccccc6)nc(-c6ccc7ccccc7c6)n5)c4)cc3)c1-2. The van der Waals surface area contributed by atoms with E-state index in [1.165, 1.54) is 49.9 Å². The third-order valence-electron chi connectivity index (χ3n) is 12.6. The summed E-state index contributed by atoms with van der Waals surface area (Å²) < 4.78 is 0. The molecule has 2 aliphatic carbocycles. The van der Waals surface area contributed by atoms with Crippen molar-refractivity contribution in [3.63, 3.8) is 0 Å². The van der Waals surface area contributed by atoms with Crippen LogP contribution in [-0.4, -0.2) is 15.0 Å². The third kappa shape index (κ3) is 5.35. The molecule has 0 bridgehead atoms. The zero-order chi connectivity index (χ0) is 40.5. The topological polar surface area (TPSA) is 62.5 Å². The molecule has 10 aromatic rings. The maximum absolute atomic E-state index is 10.1. The Labute approximate surface area is 353 Å². The molecule has 0 amide bonds. The van der Waals surface area contributed by atoms with Gasteiger partial charge in [-0.3, -0.25) is 0 Å². The monoisotopic (exact) mass is 774 g/mol. The summed E-state index contributed by atoms with van der Waals surface area (Å²) in [5, 5.41) is 12.4. The highest BCUT2D eigenvalue weighted by Crippen LogP contribution is 2.64. The first kappa shape index (κ1) is 34.8. The first-order chi connectivity index (χ1) is 30.2. The Morgan fingerprint density at radius 3 is 1.61 bits per heavy atom. The summed E-state index contributed by atoms with van der Waals surface area (Å²) in [6.45, 7) is 0. The number of aromatic nitrogens is 3. The molecule has 1 aromatic heterocycles. The molecule has 4 nitrogen and oxygen atoms in total. The summed E-state index contributed by atoms with van der Waals surface area (Å²) in [7, 11) is 0. The fourth-order valence-electron chi connectivity index (χ4n) is 9.86. The van der Waals surface area contributed by atoms with E-state index in [-0.39, 0.29) is 0 Å². The molecule has 61 heavy (non-hydrogen) atoms. The van der Waals surface area contributed by atoms with Crippen molar-refractivity contribution in [1.82, 2.24) is 15.0 Å². The van der Waals surface area contributed by atoms with Crippen LogP contribution in [0.3, 0.4) is 0 Å². The molecular weight excluding hydrogens is 741 g/mol. The Hall–Kier alpha value is -8.26. The number of benzene rings is 9. The number of nitriles is 1. The molecule has 0 unspecified atom stereocenters. The van der Waals surface area contributed by atoms with Gasteiger partial charge in [0, 0.05) is 16.7 Å². The van der Waals surface area contributed by atoms with E-state index in [4.69, 9.17) is 15.0 Å².